The van der Waals surface area contributed by atoms with Crippen molar-refractivity contribution in [3.05, 3.63) is 18.0 Å². The number of carbonyl (C=O) groups is 1. The van der Waals surface area contributed by atoms with Crippen molar-refractivity contribution in [3.8, 4) is 0 Å². The number of nitrogens with zero attached hydrogens (tertiary/aromatic N) is 1. The van der Waals surface area contributed by atoms with Crippen LogP contribution in [0.3, 0.4) is 0 Å². The van der Waals surface area contributed by atoms with Crippen LogP contribution in [0.1, 0.15) is 10.5 Å². The van der Waals surface area contributed by atoms with Crippen LogP contribution >= 0.6 is 0 Å². The van der Waals surface area contributed by atoms with Gasteiger partial charge >= 0.3 is 5.97 Å². The Kier molecular flexibility index (Phi) is 3.55. The number of aromatic carboxylic acids is 1. The minimum absolute atomic E-state index is 0.0763. The second kappa shape index (κ2) is 4.82. The van der Waals surface area contributed by atoms with Crippen LogP contribution < -0.4 is 0 Å². The summed E-state index contributed by atoms with van der Waals surface area (Å²) in [5, 5.41) is 8.73. The topological polar surface area (TPSA) is 108 Å². The lowest BCUT2D eigenvalue weighted by Crippen LogP contribution is -2.41. The number of carboxylic acid groups (broad SMARTS) is 1. The zero-order valence-electron chi connectivity index (χ0n) is 9.33. The molecule has 9 heteroatoms. The maximum Gasteiger partial charge on any atom is 0.352 e. The Morgan fingerprint density at radius 2 is 2.00 bits per heavy atom. The predicted octanol–water partition coefficient (Wildman–Crippen LogP) is -0.534. The lowest BCUT2D eigenvalue weighted by molar-refractivity contribution is 0.0691. The SMILES string of the molecule is O=C(O)c1cc(S(=O)(=O)N2CCS(=O)CC2)c[nH]1. The highest BCUT2D eigenvalue weighted by atomic mass is 32.2. The second-order valence-electron chi connectivity index (χ2n) is 3.81. The number of aromatic amines is 1. The Hall–Kier alpha value is -1.19. The molecule has 0 saturated carbocycles. The maximum atomic E-state index is 12.1. The normalized spacial score (nSPS) is 18.9. The van der Waals surface area contributed by atoms with Gasteiger partial charge in [-0.3, -0.25) is 4.21 Å². The maximum absolute atomic E-state index is 12.1. The van der Waals surface area contributed by atoms with Gasteiger partial charge < -0.3 is 10.1 Å². The van der Waals surface area contributed by atoms with Crippen molar-refractivity contribution in [1.29, 1.82) is 0 Å². The van der Waals surface area contributed by atoms with Crippen molar-refractivity contribution in [2.45, 2.75) is 4.90 Å². The van der Waals surface area contributed by atoms with E-state index in [0.717, 1.165) is 12.3 Å². The number of carboxylic acids is 1. The van der Waals surface area contributed by atoms with Gasteiger partial charge in [-0.25, -0.2) is 13.2 Å². The zero-order valence-corrected chi connectivity index (χ0v) is 11.0. The Bertz CT molecular complexity index is 582. The zero-order chi connectivity index (χ0) is 13.3. The van der Waals surface area contributed by atoms with E-state index in [4.69, 9.17) is 5.11 Å². The molecule has 100 valence electrons. The van der Waals surface area contributed by atoms with Gasteiger partial charge in [0, 0.05) is 41.6 Å². The van der Waals surface area contributed by atoms with E-state index in [1.165, 1.54) is 4.31 Å². The molecule has 1 aliphatic heterocycles. The summed E-state index contributed by atoms with van der Waals surface area (Å²) in [7, 11) is -4.66. The van der Waals surface area contributed by atoms with Crippen molar-refractivity contribution < 1.29 is 22.5 Å². The first-order chi connectivity index (χ1) is 8.41. The van der Waals surface area contributed by atoms with E-state index in [9.17, 15) is 17.4 Å². The van der Waals surface area contributed by atoms with Crippen LogP contribution in [-0.4, -0.2) is 57.6 Å². The lowest BCUT2D eigenvalue weighted by Gasteiger charge is -2.24. The van der Waals surface area contributed by atoms with Crippen LogP contribution in [-0.2, 0) is 20.8 Å². The molecule has 18 heavy (non-hydrogen) atoms. The van der Waals surface area contributed by atoms with Gasteiger partial charge in [0.25, 0.3) is 0 Å². The van der Waals surface area contributed by atoms with Crippen LogP contribution in [0.2, 0.25) is 0 Å². The Labute approximate surface area is 106 Å². The van der Waals surface area contributed by atoms with Crippen molar-refractivity contribution in [3.63, 3.8) is 0 Å². The molecule has 2 N–H and O–H groups in total. The smallest absolute Gasteiger partial charge is 0.352 e. The minimum Gasteiger partial charge on any atom is -0.477 e. The first kappa shape index (κ1) is 13.2. The largest absolute Gasteiger partial charge is 0.477 e. The van der Waals surface area contributed by atoms with Crippen LogP contribution in [0, 0.1) is 0 Å². The molecule has 7 nitrogen and oxygen atoms in total. The number of rotatable bonds is 3. The van der Waals surface area contributed by atoms with Gasteiger partial charge in [0.15, 0.2) is 0 Å². The molecule has 0 bridgehead atoms. The monoisotopic (exact) mass is 292 g/mol. The Morgan fingerprint density at radius 3 is 2.50 bits per heavy atom. The summed E-state index contributed by atoms with van der Waals surface area (Å²) in [4.78, 5) is 13.0. The van der Waals surface area contributed by atoms with Gasteiger partial charge in [0.05, 0.1) is 0 Å². The first-order valence-electron chi connectivity index (χ1n) is 5.18. The van der Waals surface area contributed by atoms with Crippen molar-refractivity contribution in [2.24, 2.45) is 0 Å². The van der Waals surface area contributed by atoms with Crippen LogP contribution in [0.15, 0.2) is 17.2 Å². The highest BCUT2D eigenvalue weighted by Gasteiger charge is 2.29. The van der Waals surface area contributed by atoms with E-state index < -0.39 is 26.8 Å². The fraction of sp³-hybridized carbons (Fsp3) is 0.444. The number of hydrogen-bond acceptors (Lipinski definition) is 4. The average Bonchev–Trinajstić information content (AvgIpc) is 2.79. The molecule has 0 aliphatic carbocycles. The first-order valence-corrected chi connectivity index (χ1v) is 8.11. The third-order valence-electron chi connectivity index (χ3n) is 2.66. The number of nitrogens with one attached hydrogen (secondary N) is 1. The molecule has 0 atom stereocenters. The summed E-state index contributed by atoms with van der Waals surface area (Å²) >= 11 is 0. The molecule has 2 rings (SSSR count). The van der Waals surface area contributed by atoms with Gasteiger partial charge in [0.1, 0.15) is 10.6 Å². The van der Waals surface area contributed by atoms with Crippen molar-refractivity contribution in [1.82, 2.24) is 9.29 Å². The molecular weight excluding hydrogens is 280 g/mol. The van der Waals surface area contributed by atoms with E-state index in [-0.39, 0.29) is 23.7 Å². The summed E-state index contributed by atoms with van der Waals surface area (Å²) in [6, 6.07) is 1.09. The van der Waals surface area contributed by atoms with E-state index in [1.54, 1.807) is 0 Å². The third kappa shape index (κ3) is 2.47. The van der Waals surface area contributed by atoms with E-state index in [0.29, 0.717) is 11.5 Å². The van der Waals surface area contributed by atoms with Crippen molar-refractivity contribution in [2.75, 3.05) is 24.6 Å². The number of hydrogen-bond donors (Lipinski definition) is 2. The summed E-state index contributed by atoms with van der Waals surface area (Å²) in [6.07, 6.45) is 1.16. The van der Waals surface area contributed by atoms with E-state index in [1.807, 2.05) is 0 Å². The molecule has 0 aromatic carbocycles. The van der Waals surface area contributed by atoms with Crippen LogP contribution in [0.5, 0.6) is 0 Å². The molecule has 1 saturated heterocycles. The lowest BCUT2D eigenvalue weighted by atomic mass is 10.4. The van der Waals surface area contributed by atoms with Crippen molar-refractivity contribution >= 4 is 26.8 Å². The number of aromatic nitrogens is 1. The summed E-state index contributed by atoms with van der Waals surface area (Å²) in [6.45, 7) is 0.394. The summed E-state index contributed by atoms with van der Waals surface area (Å²) < 4.78 is 36.7. The van der Waals surface area contributed by atoms with E-state index >= 15 is 0 Å². The highest BCUT2D eigenvalue weighted by molar-refractivity contribution is 7.89. The highest BCUT2D eigenvalue weighted by Crippen LogP contribution is 2.18. The average molecular weight is 292 g/mol. The van der Waals surface area contributed by atoms with Gasteiger partial charge in [0.2, 0.25) is 10.0 Å². The van der Waals surface area contributed by atoms with Gasteiger partial charge in [-0.05, 0) is 6.07 Å². The quantitative estimate of drug-likeness (QED) is 0.778. The molecule has 1 fully saturated rings. The minimum atomic E-state index is -3.69. The van der Waals surface area contributed by atoms with E-state index in [2.05, 4.69) is 4.98 Å². The molecule has 0 spiro atoms. The fourth-order valence-corrected chi connectivity index (χ4v) is 4.38. The Balaban J connectivity index is 2.24. The molecule has 0 amide bonds. The predicted molar refractivity (Wildman–Crippen MR) is 64.4 cm³/mol. The number of sulfonamides is 1. The molecule has 0 unspecified atom stereocenters. The van der Waals surface area contributed by atoms with Crippen LogP contribution in [0.25, 0.3) is 0 Å². The molecule has 1 aliphatic rings. The molecule has 1 aromatic heterocycles. The fourth-order valence-electron chi connectivity index (χ4n) is 1.66. The van der Waals surface area contributed by atoms with Gasteiger partial charge in [-0.2, -0.15) is 4.31 Å². The van der Waals surface area contributed by atoms with Crippen LogP contribution in [0.4, 0.5) is 0 Å². The molecule has 0 radical (unpaired) electrons. The summed E-state index contributed by atoms with van der Waals surface area (Å²) in [5.74, 6) is -0.582. The second-order valence-corrected chi connectivity index (χ2v) is 7.44. The molecule has 2 heterocycles. The molecule has 1 aromatic rings. The number of H-pyrrole nitrogens is 1. The van der Waals surface area contributed by atoms with Gasteiger partial charge in [-0.1, -0.05) is 0 Å². The summed E-state index contributed by atoms with van der Waals surface area (Å²) in [5.41, 5.74) is -0.172. The van der Waals surface area contributed by atoms with Gasteiger partial charge in [-0.15, -0.1) is 0 Å². The Morgan fingerprint density at radius 1 is 1.39 bits per heavy atom. The molecular formula is C9H12N2O5S2. The third-order valence-corrected chi connectivity index (χ3v) is 5.81. The standard InChI is InChI=1S/C9H12N2O5S2/c12-9(13)8-5-7(6-10-8)18(15,16)11-1-3-17(14)4-2-11/h5-6,10H,1-4H2,(H,12,13).